The predicted molar refractivity (Wildman–Crippen MR) is 119 cm³/mol. The quantitative estimate of drug-likeness (QED) is 0.667. The topological polar surface area (TPSA) is 84.9 Å². The molecule has 0 aliphatic carbocycles. The van der Waals surface area contributed by atoms with Gasteiger partial charge in [-0.3, -0.25) is 4.79 Å². The van der Waals surface area contributed by atoms with Gasteiger partial charge in [0, 0.05) is 19.1 Å². The number of nitrogens with zero attached hydrogens (tertiary/aromatic N) is 1. The number of sulfonamides is 1. The van der Waals surface area contributed by atoms with Crippen LogP contribution in [0.5, 0.6) is 11.5 Å². The molecule has 2 aromatic carbocycles. The van der Waals surface area contributed by atoms with Crippen molar-refractivity contribution in [2.24, 2.45) is 0 Å². The minimum atomic E-state index is -3.85. The zero-order chi connectivity index (χ0) is 22.4. The van der Waals surface area contributed by atoms with Gasteiger partial charge in [0.05, 0.1) is 24.2 Å². The Hall–Kier alpha value is -2.58. The van der Waals surface area contributed by atoms with Gasteiger partial charge >= 0.3 is 0 Å². The Morgan fingerprint density at radius 2 is 1.77 bits per heavy atom. The second-order valence-corrected chi connectivity index (χ2v) is 9.27. The molecular weight excluding hydrogens is 416 g/mol. The van der Waals surface area contributed by atoms with E-state index in [2.05, 4.69) is 4.72 Å². The van der Waals surface area contributed by atoms with Crippen LogP contribution in [0.1, 0.15) is 55.1 Å². The Bertz CT molecular complexity index is 999. The van der Waals surface area contributed by atoms with Crippen molar-refractivity contribution in [1.82, 2.24) is 9.62 Å². The van der Waals surface area contributed by atoms with E-state index in [0.717, 1.165) is 30.6 Å². The van der Waals surface area contributed by atoms with Crippen molar-refractivity contribution >= 4 is 15.9 Å². The molecule has 1 saturated heterocycles. The van der Waals surface area contributed by atoms with Crippen LogP contribution >= 0.6 is 0 Å². The van der Waals surface area contributed by atoms with Gasteiger partial charge in [-0.2, -0.15) is 0 Å². The van der Waals surface area contributed by atoms with Crippen molar-refractivity contribution in [2.75, 3.05) is 26.8 Å². The van der Waals surface area contributed by atoms with E-state index >= 15 is 0 Å². The molecule has 7 nitrogen and oxygen atoms in total. The third-order valence-corrected chi connectivity index (χ3v) is 6.92. The summed E-state index contributed by atoms with van der Waals surface area (Å²) in [5.74, 6) is 0.902. The first-order valence-corrected chi connectivity index (χ1v) is 12.1. The highest BCUT2D eigenvalue weighted by Gasteiger charge is 2.25. The number of hydrogen-bond acceptors (Lipinski definition) is 5. The number of ether oxygens (including phenoxy) is 2. The summed E-state index contributed by atoms with van der Waals surface area (Å²) in [6.07, 6.45) is 3.00. The van der Waals surface area contributed by atoms with Crippen LogP contribution < -0.4 is 14.2 Å². The number of hydrogen-bond donors (Lipinski definition) is 1. The number of amides is 1. The SMILES string of the molecule is CCOc1ccc([C@H](C)NS(=O)(=O)c2ccc(OC)c(C(=O)N3CCCCC3)c2)cc1. The summed E-state index contributed by atoms with van der Waals surface area (Å²) in [6.45, 7) is 5.59. The molecule has 2 aromatic rings. The van der Waals surface area contributed by atoms with E-state index in [0.29, 0.717) is 25.4 Å². The van der Waals surface area contributed by atoms with Crippen molar-refractivity contribution in [3.63, 3.8) is 0 Å². The minimum absolute atomic E-state index is 0.0337. The fraction of sp³-hybridized carbons (Fsp3) is 0.435. The molecule has 0 unspecified atom stereocenters. The molecule has 3 rings (SSSR count). The average Bonchev–Trinajstić information content (AvgIpc) is 2.79. The highest BCUT2D eigenvalue weighted by atomic mass is 32.2. The van der Waals surface area contributed by atoms with E-state index in [4.69, 9.17) is 9.47 Å². The molecule has 0 saturated carbocycles. The largest absolute Gasteiger partial charge is 0.496 e. The first-order chi connectivity index (χ1) is 14.9. The highest BCUT2D eigenvalue weighted by Crippen LogP contribution is 2.26. The molecule has 8 heteroatoms. The molecule has 1 aliphatic rings. The van der Waals surface area contributed by atoms with E-state index in [1.807, 2.05) is 31.2 Å². The third kappa shape index (κ3) is 5.57. The maximum absolute atomic E-state index is 13.0. The lowest BCUT2D eigenvalue weighted by molar-refractivity contribution is 0.0720. The van der Waals surface area contributed by atoms with Gasteiger partial charge in [-0.25, -0.2) is 13.1 Å². The van der Waals surface area contributed by atoms with Gasteiger partial charge in [-0.1, -0.05) is 12.1 Å². The maximum Gasteiger partial charge on any atom is 0.257 e. The smallest absolute Gasteiger partial charge is 0.257 e. The molecule has 1 heterocycles. The Morgan fingerprint density at radius 1 is 1.10 bits per heavy atom. The molecule has 1 amide bonds. The average molecular weight is 447 g/mol. The molecular formula is C23H30N2O5S. The van der Waals surface area contributed by atoms with Crippen LogP contribution in [-0.2, 0) is 10.0 Å². The van der Waals surface area contributed by atoms with Crippen LogP contribution in [0.2, 0.25) is 0 Å². The summed E-state index contributed by atoms with van der Waals surface area (Å²) in [4.78, 5) is 14.8. The first kappa shape index (κ1) is 23.1. The van der Waals surface area contributed by atoms with E-state index in [1.54, 1.807) is 11.8 Å². The van der Waals surface area contributed by atoms with Gasteiger partial charge in [0.25, 0.3) is 5.91 Å². The van der Waals surface area contributed by atoms with E-state index in [-0.39, 0.29) is 16.4 Å². The molecule has 1 N–H and O–H groups in total. The summed E-state index contributed by atoms with van der Waals surface area (Å²) in [5.41, 5.74) is 1.08. The molecule has 0 spiro atoms. The van der Waals surface area contributed by atoms with E-state index in [1.165, 1.54) is 25.3 Å². The number of carbonyl (C=O) groups is 1. The molecule has 1 fully saturated rings. The van der Waals surface area contributed by atoms with Gasteiger partial charge in [0.15, 0.2) is 0 Å². The second-order valence-electron chi connectivity index (χ2n) is 7.56. The summed E-state index contributed by atoms with van der Waals surface area (Å²) < 4.78 is 39.5. The molecule has 168 valence electrons. The summed E-state index contributed by atoms with van der Waals surface area (Å²) in [6, 6.07) is 11.2. The fourth-order valence-corrected chi connectivity index (χ4v) is 4.93. The summed E-state index contributed by atoms with van der Waals surface area (Å²) in [5, 5.41) is 0. The molecule has 0 bridgehead atoms. The zero-order valence-electron chi connectivity index (χ0n) is 18.3. The van der Waals surface area contributed by atoms with Crippen LogP contribution in [0.4, 0.5) is 0 Å². The minimum Gasteiger partial charge on any atom is -0.496 e. The molecule has 31 heavy (non-hydrogen) atoms. The zero-order valence-corrected chi connectivity index (χ0v) is 19.1. The predicted octanol–water partition coefficient (Wildman–Crippen LogP) is 3.76. The maximum atomic E-state index is 13.0. The van der Waals surface area contributed by atoms with Crippen LogP contribution in [-0.4, -0.2) is 46.0 Å². The van der Waals surface area contributed by atoms with Crippen molar-refractivity contribution in [3.8, 4) is 11.5 Å². The van der Waals surface area contributed by atoms with Crippen LogP contribution in [0.3, 0.4) is 0 Å². The number of rotatable bonds is 8. The first-order valence-electron chi connectivity index (χ1n) is 10.6. The van der Waals surface area contributed by atoms with Gasteiger partial charge in [0.2, 0.25) is 10.0 Å². The number of benzene rings is 2. The normalized spacial score (nSPS) is 15.4. The van der Waals surface area contributed by atoms with E-state index in [9.17, 15) is 13.2 Å². The van der Waals surface area contributed by atoms with Gasteiger partial charge < -0.3 is 14.4 Å². The standard InChI is InChI=1S/C23H30N2O5S/c1-4-30-19-10-8-18(9-11-19)17(2)24-31(27,28)20-12-13-22(29-3)21(16-20)23(26)25-14-6-5-7-15-25/h8-13,16-17,24H,4-7,14-15H2,1-3H3/t17-/m0/s1. The number of piperidine rings is 1. The number of likely N-dealkylation sites (tertiary alicyclic amines) is 1. The number of carbonyl (C=O) groups excluding carboxylic acids is 1. The lowest BCUT2D eigenvalue weighted by Gasteiger charge is -2.27. The molecule has 0 radical (unpaired) electrons. The van der Waals surface area contributed by atoms with Crippen molar-refractivity contribution in [2.45, 2.75) is 44.0 Å². The third-order valence-electron chi connectivity index (χ3n) is 5.38. The Kier molecular flexibility index (Phi) is 7.56. The fourth-order valence-electron chi connectivity index (χ4n) is 3.68. The summed E-state index contributed by atoms with van der Waals surface area (Å²) in [7, 11) is -2.37. The Labute approximate surface area is 184 Å². The van der Waals surface area contributed by atoms with Gasteiger partial charge in [-0.15, -0.1) is 0 Å². The lowest BCUT2D eigenvalue weighted by Crippen LogP contribution is -2.36. The van der Waals surface area contributed by atoms with Crippen molar-refractivity contribution in [3.05, 3.63) is 53.6 Å². The van der Waals surface area contributed by atoms with Gasteiger partial charge in [0.1, 0.15) is 11.5 Å². The van der Waals surface area contributed by atoms with E-state index < -0.39 is 16.1 Å². The van der Waals surface area contributed by atoms with Crippen LogP contribution in [0.25, 0.3) is 0 Å². The van der Waals surface area contributed by atoms with Crippen molar-refractivity contribution in [1.29, 1.82) is 0 Å². The monoisotopic (exact) mass is 446 g/mol. The second kappa shape index (κ2) is 10.2. The Morgan fingerprint density at radius 3 is 2.39 bits per heavy atom. The summed E-state index contributed by atoms with van der Waals surface area (Å²) >= 11 is 0. The molecule has 1 aliphatic heterocycles. The number of methoxy groups -OCH3 is 1. The van der Waals surface area contributed by atoms with Crippen molar-refractivity contribution < 1.29 is 22.7 Å². The molecule has 1 atom stereocenters. The molecule has 0 aromatic heterocycles. The lowest BCUT2D eigenvalue weighted by atomic mass is 10.1. The highest BCUT2D eigenvalue weighted by molar-refractivity contribution is 7.89. The van der Waals surface area contributed by atoms with Crippen LogP contribution in [0.15, 0.2) is 47.4 Å². The van der Waals surface area contributed by atoms with Gasteiger partial charge in [-0.05, 0) is 69.0 Å². The number of nitrogens with one attached hydrogen (secondary N) is 1. The Balaban J connectivity index is 1.82. The van der Waals surface area contributed by atoms with Crippen LogP contribution in [0, 0.1) is 0 Å².